The van der Waals surface area contributed by atoms with Crippen LogP contribution in [0.2, 0.25) is 0 Å². The number of amides is 3. The van der Waals surface area contributed by atoms with Gasteiger partial charge in [-0.15, -0.1) is 0 Å². The molecule has 0 saturated carbocycles. The van der Waals surface area contributed by atoms with Gasteiger partial charge in [0.15, 0.2) is 9.84 Å². The lowest BCUT2D eigenvalue weighted by Crippen LogP contribution is -2.55. The van der Waals surface area contributed by atoms with Crippen molar-refractivity contribution in [2.45, 2.75) is 49.6 Å². The van der Waals surface area contributed by atoms with Crippen LogP contribution in [-0.2, 0) is 25.8 Å². The number of morpholine rings is 1. The number of sulfone groups is 1. The Morgan fingerprint density at radius 2 is 1.64 bits per heavy atom. The highest BCUT2D eigenvalue weighted by atomic mass is 32.2. The van der Waals surface area contributed by atoms with Gasteiger partial charge in [-0.3, -0.25) is 4.79 Å². The van der Waals surface area contributed by atoms with Crippen molar-refractivity contribution < 1.29 is 22.7 Å². The molecule has 2 N–H and O–H groups in total. The maximum Gasteiger partial charge on any atom is 0.318 e. The van der Waals surface area contributed by atoms with Gasteiger partial charge in [-0.1, -0.05) is 74.4 Å². The molecule has 2 aromatic rings. The number of carbonyl (C=O) groups excluding carboxylic acids is 2. The van der Waals surface area contributed by atoms with Crippen LogP contribution in [0.4, 0.5) is 4.79 Å². The van der Waals surface area contributed by atoms with Crippen molar-refractivity contribution in [2.24, 2.45) is 0 Å². The van der Waals surface area contributed by atoms with Gasteiger partial charge >= 0.3 is 6.03 Å². The highest BCUT2D eigenvalue weighted by Gasteiger charge is 2.26. The van der Waals surface area contributed by atoms with Crippen LogP contribution < -0.4 is 10.6 Å². The van der Waals surface area contributed by atoms with Crippen LogP contribution in [0.15, 0.2) is 77.0 Å². The van der Waals surface area contributed by atoms with Crippen LogP contribution in [-0.4, -0.2) is 63.6 Å². The third-order valence-corrected chi connectivity index (χ3v) is 7.40. The van der Waals surface area contributed by atoms with Gasteiger partial charge in [0.25, 0.3) is 0 Å². The van der Waals surface area contributed by atoms with Crippen molar-refractivity contribution in [2.75, 3.05) is 26.3 Å². The van der Waals surface area contributed by atoms with Crippen molar-refractivity contribution in [1.82, 2.24) is 15.5 Å². The lowest BCUT2D eigenvalue weighted by atomic mass is 10.0. The van der Waals surface area contributed by atoms with E-state index in [9.17, 15) is 18.0 Å². The van der Waals surface area contributed by atoms with E-state index in [1.54, 1.807) is 23.1 Å². The number of ether oxygens (including phenoxy) is 1. The summed E-state index contributed by atoms with van der Waals surface area (Å²) >= 11 is 0. The zero-order valence-electron chi connectivity index (χ0n) is 20.6. The summed E-state index contributed by atoms with van der Waals surface area (Å²) < 4.78 is 30.8. The molecule has 0 aliphatic carbocycles. The smallest absolute Gasteiger partial charge is 0.318 e. The molecular formula is C27H35N3O5S. The van der Waals surface area contributed by atoms with Crippen molar-refractivity contribution >= 4 is 21.8 Å². The number of rotatable bonds is 11. The van der Waals surface area contributed by atoms with Crippen LogP contribution >= 0.6 is 0 Å². The quantitative estimate of drug-likeness (QED) is 0.480. The normalized spacial score (nSPS) is 15.9. The van der Waals surface area contributed by atoms with E-state index in [1.807, 2.05) is 37.3 Å². The Hall–Kier alpha value is -3.17. The molecule has 0 radical (unpaired) electrons. The van der Waals surface area contributed by atoms with Crippen LogP contribution in [0.1, 0.15) is 31.7 Å². The van der Waals surface area contributed by atoms with Crippen LogP contribution in [0.3, 0.4) is 0 Å². The molecule has 0 unspecified atom stereocenters. The van der Waals surface area contributed by atoms with E-state index in [0.717, 1.165) is 23.8 Å². The average Bonchev–Trinajstić information content (AvgIpc) is 2.91. The number of urea groups is 1. The molecule has 194 valence electrons. The second-order valence-electron chi connectivity index (χ2n) is 8.74. The van der Waals surface area contributed by atoms with Gasteiger partial charge in [-0.05, 0) is 24.1 Å². The molecule has 1 heterocycles. The lowest BCUT2D eigenvalue weighted by molar-refractivity contribution is -0.123. The Morgan fingerprint density at radius 3 is 2.28 bits per heavy atom. The minimum Gasteiger partial charge on any atom is -0.378 e. The van der Waals surface area contributed by atoms with Crippen molar-refractivity contribution in [1.29, 1.82) is 0 Å². The summed E-state index contributed by atoms with van der Waals surface area (Å²) in [6.07, 6.45) is 4.13. The van der Waals surface area contributed by atoms with Crippen molar-refractivity contribution in [3.63, 3.8) is 0 Å². The first kappa shape index (κ1) is 27.4. The highest BCUT2D eigenvalue weighted by molar-refractivity contribution is 7.94. The van der Waals surface area contributed by atoms with Crippen molar-refractivity contribution in [3.8, 4) is 0 Å². The molecule has 0 aromatic heterocycles. The Morgan fingerprint density at radius 1 is 1.00 bits per heavy atom. The van der Waals surface area contributed by atoms with Gasteiger partial charge in [0.05, 0.1) is 18.1 Å². The first-order valence-corrected chi connectivity index (χ1v) is 13.9. The SMILES string of the molecule is CCCC[C@@H](/C=C/S(=O)(=O)c1ccccc1)NC(=O)[C@H](Cc1ccccc1)NC(=O)N1CCOCC1. The molecule has 2 aromatic carbocycles. The number of unbranched alkanes of at least 4 members (excludes halogenated alkanes) is 1. The van der Waals surface area contributed by atoms with E-state index in [-0.39, 0.29) is 16.8 Å². The second-order valence-corrected chi connectivity index (χ2v) is 10.6. The fourth-order valence-corrected chi connectivity index (χ4v) is 4.97. The van der Waals surface area contributed by atoms with E-state index >= 15 is 0 Å². The van der Waals surface area contributed by atoms with Gasteiger partial charge in [0.2, 0.25) is 5.91 Å². The van der Waals surface area contributed by atoms with Crippen LogP contribution in [0.25, 0.3) is 0 Å². The summed E-state index contributed by atoms with van der Waals surface area (Å²) in [5.74, 6) is -0.358. The molecule has 1 aliphatic rings. The number of carbonyl (C=O) groups is 2. The van der Waals surface area contributed by atoms with Crippen LogP contribution in [0, 0.1) is 0 Å². The molecule has 3 amide bonds. The summed E-state index contributed by atoms with van der Waals surface area (Å²) in [7, 11) is -3.64. The van der Waals surface area contributed by atoms with Gasteiger partial charge in [-0.2, -0.15) is 0 Å². The molecule has 0 bridgehead atoms. The fraction of sp³-hybridized carbons (Fsp3) is 0.407. The van der Waals surface area contributed by atoms with E-state index in [1.165, 1.54) is 18.2 Å². The Bertz CT molecular complexity index is 1100. The monoisotopic (exact) mass is 513 g/mol. The molecule has 0 spiro atoms. The highest BCUT2D eigenvalue weighted by Crippen LogP contribution is 2.13. The zero-order chi connectivity index (χ0) is 25.8. The number of nitrogens with one attached hydrogen (secondary N) is 2. The summed E-state index contributed by atoms with van der Waals surface area (Å²) in [5, 5.41) is 6.98. The van der Waals surface area contributed by atoms with Gasteiger partial charge in [0, 0.05) is 31.0 Å². The maximum absolute atomic E-state index is 13.4. The molecule has 1 aliphatic heterocycles. The van der Waals surface area contributed by atoms with Crippen molar-refractivity contribution in [3.05, 3.63) is 77.7 Å². The molecule has 3 rings (SSSR count). The standard InChI is InChI=1S/C27H35N3O5S/c1-2-3-12-23(15-20-36(33,34)24-13-8-5-9-14-24)28-26(31)25(21-22-10-6-4-7-11-22)29-27(32)30-16-18-35-19-17-30/h4-11,13-15,20,23,25H,2-3,12,16-19,21H2,1H3,(H,28,31)(H,29,32)/b20-15+/t23-,25-/m0/s1. The number of nitrogens with zero attached hydrogens (tertiary/aromatic N) is 1. The summed E-state index contributed by atoms with van der Waals surface area (Å²) in [5.41, 5.74) is 0.909. The summed E-state index contributed by atoms with van der Waals surface area (Å²) in [4.78, 5) is 28.1. The van der Waals surface area contributed by atoms with E-state index in [4.69, 9.17) is 4.74 Å². The summed E-state index contributed by atoms with van der Waals surface area (Å²) in [6, 6.07) is 16.0. The first-order chi connectivity index (χ1) is 17.4. The van der Waals surface area contributed by atoms with Crippen LogP contribution in [0.5, 0.6) is 0 Å². The van der Waals surface area contributed by atoms with E-state index < -0.39 is 21.9 Å². The van der Waals surface area contributed by atoms with Gasteiger partial charge < -0.3 is 20.3 Å². The third kappa shape index (κ3) is 8.49. The summed E-state index contributed by atoms with van der Waals surface area (Å²) in [6.45, 7) is 3.88. The number of hydrogen-bond donors (Lipinski definition) is 2. The molecule has 2 atom stereocenters. The molecule has 8 nitrogen and oxygen atoms in total. The second kappa shape index (κ2) is 13.8. The number of benzene rings is 2. The minimum absolute atomic E-state index is 0.196. The maximum atomic E-state index is 13.4. The first-order valence-electron chi connectivity index (χ1n) is 12.3. The zero-order valence-corrected chi connectivity index (χ0v) is 21.5. The topological polar surface area (TPSA) is 105 Å². The molecule has 9 heteroatoms. The van der Waals surface area contributed by atoms with Gasteiger partial charge in [0.1, 0.15) is 6.04 Å². The fourth-order valence-electron chi connectivity index (χ4n) is 3.88. The number of hydrogen-bond acceptors (Lipinski definition) is 5. The average molecular weight is 514 g/mol. The third-order valence-electron chi connectivity index (χ3n) is 5.95. The molecule has 1 fully saturated rings. The minimum atomic E-state index is -3.64. The van der Waals surface area contributed by atoms with E-state index in [0.29, 0.717) is 39.1 Å². The Balaban J connectivity index is 1.75. The largest absolute Gasteiger partial charge is 0.378 e. The predicted octanol–water partition coefficient (Wildman–Crippen LogP) is 3.30. The predicted molar refractivity (Wildman–Crippen MR) is 139 cm³/mol. The molecular weight excluding hydrogens is 478 g/mol. The van der Waals surface area contributed by atoms with E-state index in [2.05, 4.69) is 10.6 Å². The Labute approximate surface area is 213 Å². The molecule has 36 heavy (non-hydrogen) atoms. The molecule has 1 saturated heterocycles. The van der Waals surface area contributed by atoms with Gasteiger partial charge in [-0.25, -0.2) is 13.2 Å². The Kier molecular flexibility index (Phi) is 10.5. The lowest BCUT2D eigenvalue weighted by Gasteiger charge is -2.29.